The fourth-order valence-electron chi connectivity index (χ4n) is 4.17. The van der Waals surface area contributed by atoms with Gasteiger partial charge in [0.15, 0.2) is 0 Å². The second-order valence-corrected chi connectivity index (χ2v) is 7.74. The van der Waals surface area contributed by atoms with Crippen LogP contribution in [-0.4, -0.2) is 32.0 Å². The molecule has 1 aliphatic carbocycles. The van der Waals surface area contributed by atoms with Crippen molar-refractivity contribution in [3.63, 3.8) is 0 Å². The smallest absolute Gasteiger partial charge is 0.217 e. The maximum absolute atomic E-state index is 10.2. The summed E-state index contributed by atoms with van der Waals surface area (Å²) in [4.78, 5) is 17.6. The van der Waals surface area contributed by atoms with E-state index in [1.54, 1.807) is 30.7 Å². The van der Waals surface area contributed by atoms with Crippen LogP contribution in [0.4, 0.5) is 0 Å². The molecule has 4 aromatic rings. The summed E-state index contributed by atoms with van der Waals surface area (Å²) in [6.45, 7) is 1.92. The molecule has 1 aliphatic heterocycles. The molecule has 1 aromatic carbocycles. The van der Waals surface area contributed by atoms with Crippen molar-refractivity contribution in [2.24, 2.45) is 4.99 Å². The molecule has 7 nitrogen and oxygen atoms in total. The number of aromatic nitrogens is 3. The van der Waals surface area contributed by atoms with Gasteiger partial charge < -0.3 is 19.6 Å². The molecule has 4 heterocycles. The third-order valence-corrected chi connectivity index (χ3v) is 5.54. The van der Waals surface area contributed by atoms with Gasteiger partial charge in [0, 0.05) is 44.9 Å². The molecule has 0 amide bonds. The van der Waals surface area contributed by atoms with E-state index < -0.39 is 0 Å². The van der Waals surface area contributed by atoms with Crippen molar-refractivity contribution in [2.75, 3.05) is 0 Å². The average molecular weight is 605 g/mol. The van der Waals surface area contributed by atoms with Crippen LogP contribution in [0.15, 0.2) is 60.1 Å². The Hall–Kier alpha value is -3.31. The average Bonchev–Trinajstić information content (AvgIpc) is 3.33. The Labute approximate surface area is 198 Å². The number of hydrogen-bond donors (Lipinski definition) is 1. The van der Waals surface area contributed by atoms with E-state index in [-0.39, 0.29) is 39.0 Å². The van der Waals surface area contributed by atoms with Gasteiger partial charge in [0.1, 0.15) is 23.3 Å². The summed E-state index contributed by atoms with van der Waals surface area (Å²) in [7, 11) is 0. The Kier molecular flexibility index (Phi) is 5.14. The van der Waals surface area contributed by atoms with Gasteiger partial charge in [-0.2, -0.15) is 0 Å². The fraction of sp³-hybridized carbons (Fsp3) is 0.167. The van der Waals surface area contributed by atoms with E-state index in [1.807, 2.05) is 31.3 Å². The Morgan fingerprint density at radius 2 is 2.03 bits per heavy atom. The third-order valence-electron chi connectivity index (χ3n) is 5.54. The first-order chi connectivity index (χ1) is 15.1. The van der Waals surface area contributed by atoms with Gasteiger partial charge in [-0.05, 0) is 60.5 Å². The first kappa shape index (κ1) is 20.6. The van der Waals surface area contributed by atoms with E-state index in [4.69, 9.17) is 14.5 Å². The van der Waals surface area contributed by atoms with Gasteiger partial charge in [-0.1, -0.05) is 17.8 Å². The summed E-state index contributed by atoms with van der Waals surface area (Å²) in [5.74, 6) is 1.36. The number of benzene rings is 1. The van der Waals surface area contributed by atoms with Crippen LogP contribution in [0.1, 0.15) is 28.4 Å². The summed E-state index contributed by atoms with van der Waals surface area (Å²) < 4.78 is 12.0. The summed E-state index contributed by atoms with van der Waals surface area (Å²) in [5.41, 5.74) is 4.39. The van der Waals surface area contributed by atoms with Crippen LogP contribution in [0.25, 0.3) is 10.9 Å². The molecule has 0 fully saturated rings. The van der Waals surface area contributed by atoms with Crippen molar-refractivity contribution in [3.05, 3.63) is 83.4 Å². The molecule has 3 aromatic heterocycles. The first-order valence-corrected chi connectivity index (χ1v) is 9.97. The first-order valence-electron chi connectivity index (χ1n) is 9.97. The Morgan fingerprint density at radius 3 is 2.94 bits per heavy atom. The van der Waals surface area contributed by atoms with Crippen LogP contribution in [0.5, 0.6) is 17.4 Å². The number of pyridine rings is 3. The molecule has 2 aliphatic rings. The second kappa shape index (κ2) is 7.99. The Balaban J connectivity index is 0.00000216. The van der Waals surface area contributed by atoms with Gasteiger partial charge >= 0.3 is 0 Å². The topological polar surface area (TPSA) is 89.7 Å². The fourth-order valence-corrected chi connectivity index (χ4v) is 4.17. The predicted molar refractivity (Wildman–Crippen MR) is 113 cm³/mol. The number of phenolic OH excluding ortho intramolecular Hbond substituents is 1. The van der Waals surface area contributed by atoms with Gasteiger partial charge in [0.05, 0.1) is 11.8 Å². The van der Waals surface area contributed by atoms with E-state index in [9.17, 15) is 5.11 Å². The number of rotatable bonds is 3. The summed E-state index contributed by atoms with van der Waals surface area (Å²) in [6.07, 6.45) is 7.58. The quantitative estimate of drug-likeness (QED) is 0.355. The van der Waals surface area contributed by atoms with E-state index in [0.29, 0.717) is 28.6 Å². The van der Waals surface area contributed by atoms with Crippen LogP contribution >= 0.6 is 0 Å². The molecule has 0 saturated carbocycles. The van der Waals surface area contributed by atoms with Crippen molar-refractivity contribution >= 4 is 16.8 Å². The molecule has 0 unspecified atom stereocenters. The van der Waals surface area contributed by atoms with Crippen LogP contribution in [0.2, 0.25) is 0 Å². The van der Waals surface area contributed by atoms with E-state index in [1.165, 1.54) is 5.56 Å². The van der Waals surface area contributed by atoms with Crippen LogP contribution in [0, 0.1) is 13.0 Å². The molecular formula is C24H17N4O3Pt-. The molecule has 6 rings (SSSR count). The standard InChI is InChI=1S/C24H17N4O3.Pt/c1-13-6-14-2-3-21(28-22(14)20(29)7-13)30-17-8-16(11-26-12-17)24-27-19-9-15-10-25-5-4-18(15)23(19)31-24;/h2-7,10-12,19,23,29H,9H2,1H3;/q-1;/t19-,23+;/m0./s1. The summed E-state index contributed by atoms with van der Waals surface area (Å²) in [5, 5.41) is 11.0. The summed E-state index contributed by atoms with van der Waals surface area (Å²) in [6, 6.07) is 12.4. The Morgan fingerprint density at radius 1 is 1.12 bits per heavy atom. The minimum absolute atomic E-state index is 0. The normalized spacial score (nSPS) is 18.3. The van der Waals surface area contributed by atoms with Gasteiger partial charge in [-0.25, -0.2) is 4.98 Å². The number of nitrogens with zero attached hydrogens (tertiary/aromatic N) is 4. The van der Waals surface area contributed by atoms with E-state index in [0.717, 1.165) is 22.9 Å². The number of aromatic hydroxyl groups is 1. The minimum Gasteiger partial charge on any atom is -0.510 e. The maximum atomic E-state index is 10.2. The van der Waals surface area contributed by atoms with Gasteiger partial charge in [0.25, 0.3) is 0 Å². The van der Waals surface area contributed by atoms with E-state index in [2.05, 4.69) is 21.0 Å². The number of aliphatic imine (C=N–C) groups is 1. The molecule has 32 heavy (non-hydrogen) atoms. The van der Waals surface area contributed by atoms with Crippen molar-refractivity contribution < 1.29 is 35.6 Å². The van der Waals surface area contributed by atoms with Crippen molar-refractivity contribution in [1.82, 2.24) is 15.0 Å². The number of phenols is 1. The second-order valence-electron chi connectivity index (χ2n) is 7.74. The number of fused-ring (bicyclic) bond motifs is 4. The van der Waals surface area contributed by atoms with Gasteiger partial charge in [0.2, 0.25) is 5.88 Å². The van der Waals surface area contributed by atoms with Crippen LogP contribution < -0.4 is 4.74 Å². The summed E-state index contributed by atoms with van der Waals surface area (Å²) >= 11 is 0. The van der Waals surface area contributed by atoms with Crippen LogP contribution in [0.3, 0.4) is 0 Å². The Bertz CT molecular complexity index is 1370. The number of ether oxygens (including phenoxy) is 2. The molecular weight excluding hydrogens is 587 g/mol. The zero-order valence-electron chi connectivity index (χ0n) is 16.9. The molecule has 0 saturated heterocycles. The molecule has 162 valence electrons. The zero-order valence-corrected chi connectivity index (χ0v) is 19.2. The molecule has 0 spiro atoms. The third kappa shape index (κ3) is 3.52. The molecule has 1 N–H and O–H groups in total. The number of hydrogen-bond acceptors (Lipinski definition) is 7. The van der Waals surface area contributed by atoms with Crippen molar-refractivity contribution in [2.45, 2.75) is 25.5 Å². The van der Waals surface area contributed by atoms with Crippen molar-refractivity contribution in [3.8, 4) is 17.4 Å². The molecule has 0 bridgehead atoms. The van der Waals surface area contributed by atoms with Gasteiger partial charge in [-0.15, -0.1) is 0 Å². The monoisotopic (exact) mass is 604 g/mol. The molecule has 8 heteroatoms. The minimum atomic E-state index is -0.0976. The molecule has 0 radical (unpaired) electrons. The maximum Gasteiger partial charge on any atom is 0.217 e. The zero-order chi connectivity index (χ0) is 20.9. The van der Waals surface area contributed by atoms with Crippen molar-refractivity contribution in [1.29, 1.82) is 0 Å². The predicted octanol–water partition coefficient (Wildman–Crippen LogP) is 4.07. The number of aryl methyl sites for hydroxylation is 1. The molecule has 2 atom stereocenters. The SMILES string of the molecule is Cc1cc(O)c2nc(Oc3[c-]c(C4=N[C@H]5Cc6cnccc6[C@H]5O4)cnc3)ccc2c1.[Pt]. The van der Waals surface area contributed by atoms with Crippen LogP contribution in [-0.2, 0) is 32.2 Å². The van der Waals surface area contributed by atoms with E-state index >= 15 is 0 Å². The largest absolute Gasteiger partial charge is 0.510 e. The van der Waals surface area contributed by atoms with Gasteiger partial charge in [-0.3, -0.25) is 9.98 Å².